The molecule has 3 N–H and O–H groups in total. The summed E-state index contributed by atoms with van der Waals surface area (Å²) in [5.74, 6) is 0.354. The third-order valence-electron chi connectivity index (χ3n) is 3.67. The summed E-state index contributed by atoms with van der Waals surface area (Å²) >= 11 is 0. The molecule has 128 valence electrons. The maximum atomic E-state index is 11.7. The second-order valence-corrected chi connectivity index (χ2v) is 5.52. The Kier molecular flexibility index (Phi) is 6.89. The number of nitrogens with one attached hydrogen (secondary N) is 3. The zero-order valence-corrected chi connectivity index (χ0v) is 13.7. The summed E-state index contributed by atoms with van der Waals surface area (Å²) in [6, 6.07) is 13.2. The van der Waals surface area contributed by atoms with Gasteiger partial charge in [-0.25, -0.2) is 4.79 Å². The molecule has 6 nitrogen and oxygen atoms in total. The van der Waals surface area contributed by atoms with Gasteiger partial charge in [-0.3, -0.25) is 4.79 Å². The number of carbonyl (C=O) groups is 2. The first-order valence-corrected chi connectivity index (χ1v) is 8.05. The Labute approximate surface area is 141 Å². The van der Waals surface area contributed by atoms with Crippen molar-refractivity contribution in [2.45, 2.75) is 19.3 Å². The average molecular weight is 329 g/mol. The molecule has 2 aromatic rings. The highest BCUT2D eigenvalue weighted by Crippen LogP contribution is 2.17. The van der Waals surface area contributed by atoms with Crippen LogP contribution in [0.5, 0.6) is 0 Å². The van der Waals surface area contributed by atoms with Crippen molar-refractivity contribution in [3.05, 3.63) is 60.1 Å². The second-order valence-electron chi connectivity index (χ2n) is 5.52. The molecule has 0 aliphatic heterocycles. The SMILES string of the molecule is C[C@@H](CCNC(=O)NCCNC(=O)c1ccco1)c1ccccc1. The Morgan fingerprint density at radius 2 is 1.67 bits per heavy atom. The predicted octanol–water partition coefficient (Wildman–Crippen LogP) is 2.50. The van der Waals surface area contributed by atoms with Gasteiger partial charge in [-0.15, -0.1) is 0 Å². The molecule has 3 amide bonds. The first kappa shape index (κ1) is 17.6. The van der Waals surface area contributed by atoms with E-state index in [0.29, 0.717) is 25.6 Å². The molecule has 0 aliphatic carbocycles. The summed E-state index contributed by atoms with van der Waals surface area (Å²) in [5.41, 5.74) is 1.26. The molecule has 0 saturated heterocycles. The normalized spacial score (nSPS) is 11.5. The maximum Gasteiger partial charge on any atom is 0.314 e. The Hall–Kier alpha value is -2.76. The monoisotopic (exact) mass is 329 g/mol. The van der Waals surface area contributed by atoms with Crippen LogP contribution in [-0.2, 0) is 0 Å². The van der Waals surface area contributed by atoms with Gasteiger partial charge in [0.15, 0.2) is 5.76 Å². The largest absolute Gasteiger partial charge is 0.459 e. The molecule has 0 fully saturated rings. The van der Waals surface area contributed by atoms with E-state index in [4.69, 9.17) is 4.42 Å². The van der Waals surface area contributed by atoms with Crippen molar-refractivity contribution in [2.75, 3.05) is 19.6 Å². The van der Waals surface area contributed by atoms with E-state index in [1.807, 2.05) is 18.2 Å². The van der Waals surface area contributed by atoms with Crippen LogP contribution in [0, 0.1) is 0 Å². The van der Waals surface area contributed by atoms with Gasteiger partial charge in [-0.05, 0) is 30.0 Å². The summed E-state index contributed by atoms with van der Waals surface area (Å²) in [4.78, 5) is 23.3. The molecule has 0 radical (unpaired) electrons. The lowest BCUT2D eigenvalue weighted by Crippen LogP contribution is -2.40. The van der Waals surface area contributed by atoms with E-state index in [1.165, 1.54) is 11.8 Å². The van der Waals surface area contributed by atoms with E-state index in [-0.39, 0.29) is 17.7 Å². The van der Waals surface area contributed by atoms with Crippen molar-refractivity contribution in [1.82, 2.24) is 16.0 Å². The first-order valence-electron chi connectivity index (χ1n) is 8.05. The molecule has 0 bridgehead atoms. The lowest BCUT2D eigenvalue weighted by atomic mass is 9.98. The van der Waals surface area contributed by atoms with Crippen molar-refractivity contribution in [3.63, 3.8) is 0 Å². The van der Waals surface area contributed by atoms with Gasteiger partial charge in [0.1, 0.15) is 0 Å². The number of benzene rings is 1. The van der Waals surface area contributed by atoms with Crippen LogP contribution in [0.3, 0.4) is 0 Å². The standard InChI is InChI=1S/C18H23N3O3/c1-14(15-6-3-2-4-7-15)9-10-20-18(23)21-12-11-19-17(22)16-8-5-13-24-16/h2-8,13-14H,9-12H2,1H3,(H,19,22)(H2,20,21,23)/t14-/m0/s1. The van der Waals surface area contributed by atoms with Crippen molar-refractivity contribution < 1.29 is 14.0 Å². The van der Waals surface area contributed by atoms with E-state index in [2.05, 4.69) is 35.0 Å². The van der Waals surface area contributed by atoms with Crippen LogP contribution in [0.25, 0.3) is 0 Å². The third kappa shape index (κ3) is 5.79. The van der Waals surface area contributed by atoms with Crippen LogP contribution >= 0.6 is 0 Å². The molecule has 0 saturated carbocycles. The number of amides is 3. The fourth-order valence-corrected chi connectivity index (χ4v) is 2.26. The van der Waals surface area contributed by atoms with Gasteiger partial charge in [0, 0.05) is 19.6 Å². The van der Waals surface area contributed by atoms with E-state index in [1.54, 1.807) is 12.1 Å². The Morgan fingerprint density at radius 3 is 2.38 bits per heavy atom. The lowest BCUT2D eigenvalue weighted by Gasteiger charge is -2.13. The minimum absolute atomic E-state index is 0.234. The molecule has 0 spiro atoms. The molecule has 24 heavy (non-hydrogen) atoms. The molecule has 1 atom stereocenters. The molecule has 1 aromatic heterocycles. The quantitative estimate of drug-likeness (QED) is 0.651. The van der Waals surface area contributed by atoms with E-state index < -0.39 is 0 Å². The summed E-state index contributed by atoms with van der Waals surface area (Å²) in [5, 5.41) is 8.18. The second kappa shape index (κ2) is 9.39. The third-order valence-corrected chi connectivity index (χ3v) is 3.67. The Morgan fingerprint density at radius 1 is 0.958 bits per heavy atom. The fourth-order valence-electron chi connectivity index (χ4n) is 2.26. The topological polar surface area (TPSA) is 83.4 Å². The number of carbonyl (C=O) groups excluding carboxylic acids is 2. The van der Waals surface area contributed by atoms with Crippen LogP contribution in [0.15, 0.2) is 53.1 Å². The van der Waals surface area contributed by atoms with Crippen LogP contribution in [0.1, 0.15) is 35.4 Å². The van der Waals surface area contributed by atoms with E-state index >= 15 is 0 Å². The van der Waals surface area contributed by atoms with Crippen LogP contribution in [0.2, 0.25) is 0 Å². The average Bonchev–Trinajstić information content (AvgIpc) is 3.14. The number of hydrogen-bond acceptors (Lipinski definition) is 3. The van der Waals surface area contributed by atoms with E-state index in [9.17, 15) is 9.59 Å². The molecular weight excluding hydrogens is 306 g/mol. The molecule has 1 aromatic carbocycles. The van der Waals surface area contributed by atoms with Crippen molar-refractivity contribution in [3.8, 4) is 0 Å². The van der Waals surface area contributed by atoms with Gasteiger partial charge in [0.05, 0.1) is 6.26 Å². The summed E-state index contributed by atoms with van der Waals surface area (Å²) < 4.78 is 4.97. The number of hydrogen-bond donors (Lipinski definition) is 3. The smallest absolute Gasteiger partial charge is 0.314 e. The molecular formula is C18H23N3O3. The van der Waals surface area contributed by atoms with E-state index in [0.717, 1.165) is 6.42 Å². The number of urea groups is 1. The maximum absolute atomic E-state index is 11.7. The lowest BCUT2D eigenvalue weighted by molar-refractivity contribution is 0.0926. The molecule has 2 rings (SSSR count). The fraction of sp³-hybridized carbons (Fsp3) is 0.333. The summed E-state index contributed by atoms with van der Waals surface area (Å²) in [6.45, 7) is 3.43. The zero-order valence-electron chi connectivity index (χ0n) is 13.7. The van der Waals surface area contributed by atoms with Gasteiger partial charge < -0.3 is 20.4 Å². The van der Waals surface area contributed by atoms with Crippen molar-refractivity contribution in [1.29, 1.82) is 0 Å². The molecule has 1 heterocycles. The van der Waals surface area contributed by atoms with Crippen molar-refractivity contribution >= 4 is 11.9 Å². The van der Waals surface area contributed by atoms with Crippen LogP contribution in [0.4, 0.5) is 4.79 Å². The highest BCUT2D eigenvalue weighted by molar-refractivity contribution is 5.91. The van der Waals surface area contributed by atoms with Gasteiger partial charge in [-0.1, -0.05) is 37.3 Å². The highest BCUT2D eigenvalue weighted by Gasteiger charge is 2.08. The summed E-state index contributed by atoms with van der Waals surface area (Å²) in [7, 11) is 0. The van der Waals surface area contributed by atoms with Gasteiger partial charge in [0.2, 0.25) is 0 Å². The van der Waals surface area contributed by atoms with Crippen molar-refractivity contribution in [2.24, 2.45) is 0 Å². The van der Waals surface area contributed by atoms with Crippen LogP contribution in [-0.4, -0.2) is 31.6 Å². The van der Waals surface area contributed by atoms with Gasteiger partial charge in [0.25, 0.3) is 5.91 Å². The minimum atomic E-state index is -0.293. The molecule has 0 unspecified atom stereocenters. The zero-order chi connectivity index (χ0) is 17.2. The van der Waals surface area contributed by atoms with Gasteiger partial charge >= 0.3 is 6.03 Å². The first-order chi connectivity index (χ1) is 11.7. The molecule has 0 aliphatic rings. The van der Waals surface area contributed by atoms with Gasteiger partial charge in [-0.2, -0.15) is 0 Å². The predicted molar refractivity (Wildman–Crippen MR) is 91.9 cm³/mol. The molecule has 6 heteroatoms. The number of furan rings is 1. The highest BCUT2D eigenvalue weighted by atomic mass is 16.3. The minimum Gasteiger partial charge on any atom is -0.459 e. The van der Waals surface area contributed by atoms with Crippen LogP contribution < -0.4 is 16.0 Å². The Balaban J connectivity index is 1.54. The number of rotatable bonds is 8. The Bertz CT molecular complexity index is 626. The summed E-state index contributed by atoms with van der Waals surface area (Å²) in [6.07, 6.45) is 2.31.